The molecule has 1 rings (SSSR count). The summed E-state index contributed by atoms with van der Waals surface area (Å²) in [6.07, 6.45) is 0. The minimum absolute atomic E-state index is 0.257. The molecule has 0 aromatic heterocycles. The van der Waals surface area contributed by atoms with Crippen LogP contribution >= 0.6 is 0 Å². The zero-order valence-corrected chi connectivity index (χ0v) is 9.95. The Bertz CT molecular complexity index is 393. The topological polar surface area (TPSA) is 58.6 Å². The van der Waals surface area contributed by atoms with Crippen LogP contribution < -0.4 is 10.1 Å². The van der Waals surface area contributed by atoms with Crippen LogP contribution in [0, 0.1) is 0 Å². The molecule has 0 aliphatic heterocycles. The minimum Gasteiger partial charge on any atom is -0.494 e. The van der Waals surface area contributed by atoms with Gasteiger partial charge in [0.2, 0.25) is 0 Å². The summed E-state index contributed by atoms with van der Waals surface area (Å²) >= 11 is 0. The van der Waals surface area contributed by atoms with Gasteiger partial charge < -0.3 is 15.2 Å². The fourth-order valence-electron chi connectivity index (χ4n) is 1.24. The number of rotatable bonds is 6. The van der Waals surface area contributed by atoms with E-state index in [4.69, 9.17) is 9.84 Å². The number of aliphatic hydroxyl groups is 1. The summed E-state index contributed by atoms with van der Waals surface area (Å²) in [7, 11) is 0. The molecule has 0 radical (unpaired) electrons. The first kappa shape index (κ1) is 14.4. The molecule has 0 fully saturated rings. The highest BCUT2D eigenvalue weighted by Crippen LogP contribution is 2.13. The molecule has 0 spiro atoms. The number of alkyl halides is 2. The van der Waals surface area contributed by atoms with Gasteiger partial charge in [0.05, 0.1) is 13.2 Å². The monoisotopic (exact) mass is 259 g/mol. The highest BCUT2D eigenvalue weighted by Gasteiger charge is 2.28. The summed E-state index contributed by atoms with van der Waals surface area (Å²) in [6, 6.07) is 6.14. The van der Waals surface area contributed by atoms with Crippen molar-refractivity contribution < 1.29 is 23.4 Å². The van der Waals surface area contributed by atoms with Gasteiger partial charge in [0.1, 0.15) is 12.4 Å². The standard InChI is InChI=1S/C12H15F2NO3/c1-2-18-10-5-3-9(4-6-10)11(17)15-7-12(13,14)8-16/h3-6,16H,2,7-8H2,1H3,(H,15,17). The molecule has 6 heteroatoms. The molecule has 0 unspecified atom stereocenters. The fraction of sp³-hybridized carbons (Fsp3) is 0.417. The number of carbonyl (C=O) groups is 1. The quantitative estimate of drug-likeness (QED) is 0.812. The summed E-state index contributed by atoms with van der Waals surface area (Å²) in [5.41, 5.74) is 0.257. The van der Waals surface area contributed by atoms with Gasteiger partial charge >= 0.3 is 0 Å². The average molecular weight is 259 g/mol. The van der Waals surface area contributed by atoms with Crippen molar-refractivity contribution in [2.45, 2.75) is 12.8 Å². The van der Waals surface area contributed by atoms with E-state index in [1.54, 1.807) is 12.1 Å². The smallest absolute Gasteiger partial charge is 0.287 e. The number of nitrogens with one attached hydrogen (secondary N) is 1. The summed E-state index contributed by atoms with van der Waals surface area (Å²) in [6.45, 7) is 0.151. The van der Waals surface area contributed by atoms with Crippen LogP contribution in [0.2, 0.25) is 0 Å². The third-order valence-corrected chi connectivity index (χ3v) is 2.17. The van der Waals surface area contributed by atoms with Crippen LogP contribution in [-0.4, -0.2) is 36.7 Å². The Morgan fingerprint density at radius 1 is 1.39 bits per heavy atom. The lowest BCUT2D eigenvalue weighted by molar-refractivity contribution is -0.0462. The lowest BCUT2D eigenvalue weighted by Gasteiger charge is -2.14. The van der Waals surface area contributed by atoms with Crippen molar-refractivity contribution in [2.24, 2.45) is 0 Å². The summed E-state index contributed by atoms with van der Waals surface area (Å²) in [5.74, 6) is -3.32. The van der Waals surface area contributed by atoms with Gasteiger partial charge in [-0.25, -0.2) is 8.78 Å². The van der Waals surface area contributed by atoms with Gasteiger partial charge in [-0.2, -0.15) is 0 Å². The van der Waals surface area contributed by atoms with Gasteiger partial charge in [0.25, 0.3) is 11.8 Å². The molecule has 18 heavy (non-hydrogen) atoms. The second-order valence-corrected chi connectivity index (χ2v) is 3.65. The van der Waals surface area contributed by atoms with Crippen molar-refractivity contribution >= 4 is 5.91 Å². The van der Waals surface area contributed by atoms with E-state index in [1.807, 2.05) is 6.92 Å². The van der Waals surface area contributed by atoms with Crippen LogP contribution in [0.1, 0.15) is 17.3 Å². The summed E-state index contributed by atoms with van der Waals surface area (Å²) in [4.78, 5) is 11.5. The Kier molecular flexibility index (Phi) is 5.03. The Morgan fingerprint density at radius 3 is 2.50 bits per heavy atom. The fourth-order valence-corrected chi connectivity index (χ4v) is 1.24. The number of carbonyl (C=O) groups excluding carboxylic acids is 1. The Morgan fingerprint density at radius 2 is 2.00 bits per heavy atom. The van der Waals surface area contributed by atoms with Gasteiger partial charge in [0.15, 0.2) is 0 Å². The molecule has 0 atom stereocenters. The maximum absolute atomic E-state index is 12.7. The molecule has 1 aromatic carbocycles. The molecule has 0 aliphatic rings. The SMILES string of the molecule is CCOc1ccc(C(=O)NCC(F)(F)CO)cc1. The first-order valence-corrected chi connectivity index (χ1v) is 5.48. The highest BCUT2D eigenvalue weighted by atomic mass is 19.3. The second kappa shape index (κ2) is 6.30. The van der Waals surface area contributed by atoms with Crippen LogP contribution in [0.5, 0.6) is 5.75 Å². The van der Waals surface area contributed by atoms with Crippen LogP contribution in [0.4, 0.5) is 8.78 Å². The van der Waals surface area contributed by atoms with Crippen LogP contribution in [0.25, 0.3) is 0 Å². The van der Waals surface area contributed by atoms with E-state index in [9.17, 15) is 13.6 Å². The number of ether oxygens (including phenoxy) is 1. The number of halogens is 2. The van der Waals surface area contributed by atoms with E-state index in [-0.39, 0.29) is 5.56 Å². The molecule has 100 valence electrons. The number of hydrogen-bond acceptors (Lipinski definition) is 3. The van der Waals surface area contributed by atoms with E-state index in [2.05, 4.69) is 5.32 Å². The van der Waals surface area contributed by atoms with Crippen LogP contribution in [-0.2, 0) is 0 Å². The van der Waals surface area contributed by atoms with Gasteiger partial charge in [-0.15, -0.1) is 0 Å². The maximum Gasteiger partial charge on any atom is 0.287 e. The van der Waals surface area contributed by atoms with E-state index in [1.165, 1.54) is 12.1 Å². The van der Waals surface area contributed by atoms with E-state index >= 15 is 0 Å². The normalized spacial score (nSPS) is 11.1. The summed E-state index contributed by atoms with van der Waals surface area (Å²) in [5, 5.41) is 10.4. The average Bonchev–Trinajstić information content (AvgIpc) is 2.37. The zero-order chi connectivity index (χ0) is 13.6. The third kappa shape index (κ3) is 4.29. The number of amides is 1. The van der Waals surface area contributed by atoms with E-state index in [0.717, 1.165) is 0 Å². The van der Waals surface area contributed by atoms with Crippen molar-refractivity contribution in [2.75, 3.05) is 19.8 Å². The van der Waals surface area contributed by atoms with E-state index in [0.29, 0.717) is 12.4 Å². The molecule has 1 aromatic rings. The molecule has 0 saturated heterocycles. The van der Waals surface area contributed by atoms with Crippen LogP contribution in [0.3, 0.4) is 0 Å². The van der Waals surface area contributed by atoms with Gasteiger partial charge in [-0.05, 0) is 31.2 Å². The molecular weight excluding hydrogens is 244 g/mol. The molecular formula is C12H15F2NO3. The van der Waals surface area contributed by atoms with Crippen molar-refractivity contribution in [3.63, 3.8) is 0 Å². The largest absolute Gasteiger partial charge is 0.494 e. The number of benzene rings is 1. The third-order valence-electron chi connectivity index (χ3n) is 2.17. The zero-order valence-electron chi connectivity index (χ0n) is 9.95. The Balaban J connectivity index is 2.56. The molecule has 0 heterocycles. The molecule has 0 bridgehead atoms. The summed E-state index contributed by atoms with van der Waals surface area (Å²) < 4.78 is 30.6. The van der Waals surface area contributed by atoms with Gasteiger partial charge in [0, 0.05) is 5.56 Å². The molecule has 2 N–H and O–H groups in total. The Labute approximate surface area is 104 Å². The Hall–Kier alpha value is -1.69. The molecule has 0 aliphatic carbocycles. The predicted octanol–water partition coefficient (Wildman–Crippen LogP) is 1.44. The molecule has 4 nitrogen and oxygen atoms in total. The van der Waals surface area contributed by atoms with Gasteiger partial charge in [-0.1, -0.05) is 0 Å². The highest BCUT2D eigenvalue weighted by molar-refractivity contribution is 5.94. The maximum atomic E-state index is 12.7. The van der Waals surface area contributed by atoms with Crippen molar-refractivity contribution in [1.82, 2.24) is 5.32 Å². The predicted molar refractivity (Wildman–Crippen MR) is 62.0 cm³/mol. The van der Waals surface area contributed by atoms with Gasteiger partial charge in [-0.3, -0.25) is 4.79 Å². The molecule has 1 amide bonds. The van der Waals surface area contributed by atoms with Crippen molar-refractivity contribution in [3.8, 4) is 5.75 Å². The lowest BCUT2D eigenvalue weighted by Crippen LogP contribution is -2.38. The number of hydrogen-bond donors (Lipinski definition) is 2. The number of aliphatic hydroxyl groups excluding tert-OH is 1. The first-order valence-electron chi connectivity index (χ1n) is 5.48. The minimum atomic E-state index is -3.30. The second-order valence-electron chi connectivity index (χ2n) is 3.65. The first-order chi connectivity index (χ1) is 8.48. The van der Waals surface area contributed by atoms with E-state index < -0.39 is 25.0 Å². The van der Waals surface area contributed by atoms with Crippen LogP contribution in [0.15, 0.2) is 24.3 Å². The lowest BCUT2D eigenvalue weighted by atomic mass is 10.2. The van der Waals surface area contributed by atoms with Crippen molar-refractivity contribution in [1.29, 1.82) is 0 Å². The molecule has 0 saturated carbocycles. The van der Waals surface area contributed by atoms with Crippen molar-refractivity contribution in [3.05, 3.63) is 29.8 Å².